The third-order valence-corrected chi connectivity index (χ3v) is 5.13. The van der Waals surface area contributed by atoms with E-state index in [2.05, 4.69) is 0 Å². The van der Waals surface area contributed by atoms with Gasteiger partial charge in [0, 0.05) is 14.1 Å². The Morgan fingerprint density at radius 3 is 2.45 bits per heavy atom. The minimum atomic E-state index is -2.33. The second-order valence-corrected chi connectivity index (χ2v) is 6.11. The Morgan fingerprint density at radius 2 is 1.77 bits per heavy atom. The lowest BCUT2D eigenvalue weighted by atomic mass is 9.59. The minimum absolute atomic E-state index is 0.473. The molecule has 0 unspecified atom stereocenters. The Labute approximate surface area is 126 Å². The van der Waals surface area contributed by atoms with Crippen molar-refractivity contribution in [3.05, 3.63) is 47.3 Å². The first-order valence-electron chi connectivity index (χ1n) is 7.09. The number of alkyl halides is 1. The lowest BCUT2D eigenvalue weighted by molar-refractivity contribution is -0.153. The smallest absolute Gasteiger partial charge is 0.319 e. The molecular weight excluding hydrogens is 290 g/mol. The molecule has 1 aromatic carbocycles. The fourth-order valence-corrected chi connectivity index (χ4v) is 4.14. The van der Waals surface area contributed by atoms with Crippen LogP contribution in [0.25, 0.3) is 0 Å². The number of nitrogens with zero attached hydrogens (tertiary/aromatic N) is 2. The van der Waals surface area contributed by atoms with E-state index in [-0.39, 0.29) is 0 Å². The van der Waals surface area contributed by atoms with Gasteiger partial charge in [0.2, 0.25) is 5.67 Å². The molecule has 0 radical (unpaired) electrons. The fraction of sp³-hybridized carbons (Fsp3) is 0.375. The van der Waals surface area contributed by atoms with Crippen molar-refractivity contribution < 1.29 is 18.4 Å². The highest BCUT2D eigenvalue weighted by Crippen LogP contribution is 2.58. The normalized spacial score (nSPS) is 36.2. The molecule has 1 aromatic rings. The van der Waals surface area contributed by atoms with E-state index >= 15 is 4.39 Å². The highest BCUT2D eigenvalue weighted by molar-refractivity contribution is 6.03. The monoisotopic (exact) mass is 304 g/mol. The lowest BCUT2D eigenvalue weighted by Crippen LogP contribution is -2.72. The van der Waals surface area contributed by atoms with Gasteiger partial charge in [0.1, 0.15) is 5.83 Å². The van der Waals surface area contributed by atoms with Gasteiger partial charge in [-0.05, 0) is 17.2 Å². The van der Waals surface area contributed by atoms with Crippen LogP contribution in [0.15, 0.2) is 36.2 Å². The largest absolute Gasteiger partial charge is 0.326 e. The van der Waals surface area contributed by atoms with E-state index in [0.717, 1.165) is 9.80 Å². The third-order valence-electron chi connectivity index (χ3n) is 5.13. The van der Waals surface area contributed by atoms with Crippen LogP contribution in [0.1, 0.15) is 23.0 Å². The number of likely N-dealkylation sites (N-methyl/N-ethyl adjacent to an activating group) is 1. The van der Waals surface area contributed by atoms with E-state index < -0.39 is 41.3 Å². The molecule has 5 rings (SSSR count). The highest BCUT2D eigenvalue weighted by Gasteiger charge is 2.68. The van der Waals surface area contributed by atoms with E-state index in [1.54, 1.807) is 24.3 Å². The van der Waals surface area contributed by atoms with Crippen LogP contribution in [0.3, 0.4) is 0 Å². The Hall–Kier alpha value is -2.24. The van der Waals surface area contributed by atoms with Crippen LogP contribution < -0.4 is 0 Å². The van der Waals surface area contributed by atoms with Gasteiger partial charge in [-0.25, -0.2) is 13.6 Å². The zero-order valence-corrected chi connectivity index (χ0v) is 12.1. The molecule has 3 amide bonds. The van der Waals surface area contributed by atoms with Gasteiger partial charge in [-0.3, -0.25) is 9.69 Å². The van der Waals surface area contributed by atoms with Crippen molar-refractivity contribution in [2.24, 2.45) is 0 Å². The predicted molar refractivity (Wildman–Crippen MR) is 74.7 cm³/mol. The minimum Gasteiger partial charge on any atom is -0.319 e. The molecule has 0 spiro atoms. The van der Waals surface area contributed by atoms with Gasteiger partial charge in [0.25, 0.3) is 5.91 Å². The summed E-state index contributed by atoms with van der Waals surface area (Å²) in [5.74, 6) is -3.31. The molecule has 114 valence electrons. The summed E-state index contributed by atoms with van der Waals surface area (Å²) in [6.07, 6.45) is 1.19. The van der Waals surface area contributed by atoms with Crippen molar-refractivity contribution >= 4 is 11.9 Å². The van der Waals surface area contributed by atoms with Gasteiger partial charge >= 0.3 is 6.03 Å². The zero-order valence-electron chi connectivity index (χ0n) is 12.1. The molecule has 1 fully saturated rings. The molecule has 2 bridgehead atoms. The van der Waals surface area contributed by atoms with E-state index in [4.69, 9.17) is 0 Å². The number of benzene rings is 1. The van der Waals surface area contributed by atoms with Crippen molar-refractivity contribution in [2.45, 2.75) is 23.5 Å². The predicted octanol–water partition coefficient (Wildman–Crippen LogP) is 2.34. The first-order chi connectivity index (χ1) is 10.4. The van der Waals surface area contributed by atoms with E-state index in [9.17, 15) is 14.0 Å². The van der Waals surface area contributed by atoms with Gasteiger partial charge in [0.05, 0.1) is 17.9 Å². The molecule has 3 aliphatic carbocycles. The second kappa shape index (κ2) is 3.94. The third kappa shape index (κ3) is 1.27. The summed E-state index contributed by atoms with van der Waals surface area (Å²) in [6.45, 7) is 0. The van der Waals surface area contributed by atoms with Crippen molar-refractivity contribution in [1.82, 2.24) is 9.80 Å². The van der Waals surface area contributed by atoms with Gasteiger partial charge in [-0.2, -0.15) is 0 Å². The van der Waals surface area contributed by atoms with Crippen molar-refractivity contribution in [2.75, 3.05) is 14.1 Å². The first-order valence-corrected chi connectivity index (χ1v) is 7.09. The molecule has 0 N–H and O–H groups in total. The van der Waals surface area contributed by atoms with Crippen molar-refractivity contribution in [1.29, 1.82) is 0 Å². The Balaban J connectivity index is 2.02. The summed E-state index contributed by atoms with van der Waals surface area (Å²) < 4.78 is 30.3. The summed E-state index contributed by atoms with van der Waals surface area (Å²) in [6, 6.07) is 5.20. The number of carbonyl (C=O) groups excluding carboxylic acids is 2. The average Bonchev–Trinajstić information content (AvgIpc) is 2.52. The van der Waals surface area contributed by atoms with Crippen LogP contribution in [0.4, 0.5) is 13.6 Å². The number of halogens is 2. The van der Waals surface area contributed by atoms with E-state index in [0.29, 0.717) is 11.1 Å². The van der Waals surface area contributed by atoms with Gasteiger partial charge in [0.15, 0.2) is 0 Å². The summed E-state index contributed by atoms with van der Waals surface area (Å²) >= 11 is 0. The SMILES string of the molecule is CN1C(=O)N(C)[C@@H]2[C@H]3C(F)=C[C@H](c4ccccc43)[C@]2(F)C1=O. The number of hydrogen-bond acceptors (Lipinski definition) is 2. The maximum absolute atomic E-state index is 15.8. The molecule has 22 heavy (non-hydrogen) atoms. The molecule has 4 aliphatic rings. The number of hydrogen-bond donors (Lipinski definition) is 0. The summed E-state index contributed by atoms with van der Waals surface area (Å²) in [7, 11) is 2.67. The molecule has 0 saturated carbocycles. The van der Waals surface area contributed by atoms with Crippen LogP contribution in [-0.2, 0) is 4.79 Å². The molecular formula is C16H14F2N2O2. The molecule has 1 aliphatic heterocycles. The van der Waals surface area contributed by atoms with Crippen LogP contribution in [0.5, 0.6) is 0 Å². The zero-order chi connectivity index (χ0) is 15.8. The highest BCUT2D eigenvalue weighted by atomic mass is 19.1. The number of rotatable bonds is 0. The summed E-state index contributed by atoms with van der Waals surface area (Å²) in [5.41, 5.74) is -1.05. The molecule has 4 nitrogen and oxygen atoms in total. The van der Waals surface area contributed by atoms with Gasteiger partial charge < -0.3 is 4.90 Å². The topological polar surface area (TPSA) is 40.6 Å². The van der Waals surface area contributed by atoms with Crippen LogP contribution >= 0.6 is 0 Å². The Kier molecular flexibility index (Phi) is 2.40. The molecule has 1 saturated heterocycles. The maximum atomic E-state index is 15.8. The van der Waals surface area contributed by atoms with Crippen LogP contribution in [-0.4, -0.2) is 47.5 Å². The summed E-state index contributed by atoms with van der Waals surface area (Å²) in [5, 5.41) is 0. The molecule has 0 aromatic heterocycles. The quantitative estimate of drug-likeness (QED) is 0.738. The van der Waals surface area contributed by atoms with E-state index in [1.165, 1.54) is 20.2 Å². The Morgan fingerprint density at radius 1 is 1.14 bits per heavy atom. The van der Waals surface area contributed by atoms with E-state index in [1.807, 2.05) is 0 Å². The first kappa shape index (κ1) is 13.4. The average molecular weight is 304 g/mol. The molecule has 6 heteroatoms. The Bertz CT molecular complexity index is 747. The number of carbonyl (C=O) groups is 2. The standard InChI is InChI=1S/C16H14F2N2O2/c1-19-13-12-9-6-4-3-5-8(9)10(7-11(12)17)16(13,18)14(21)20(2)15(19)22/h3-7,10,12-13H,1-2H3/t10-,12-,13-,16-/m1/s1. The molecule has 1 heterocycles. The van der Waals surface area contributed by atoms with Crippen LogP contribution in [0.2, 0.25) is 0 Å². The maximum Gasteiger partial charge on any atom is 0.326 e. The van der Waals surface area contributed by atoms with Crippen molar-refractivity contribution in [3.8, 4) is 0 Å². The van der Waals surface area contributed by atoms with Crippen molar-refractivity contribution in [3.63, 3.8) is 0 Å². The van der Waals surface area contributed by atoms with Gasteiger partial charge in [-0.1, -0.05) is 24.3 Å². The lowest BCUT2D eigenvalue weighted by Gasteiger charge is -2.56. The second-order valence-electron chi connectivity index (χ2n) is 6.11. The fourth-order valence-electron chi connectivity index (χ4n) is 4.14. The molecule has 4 atom stereocenters. The number of allylic oxidation sites excluding steroid dienone is 1. The van der Waals surface area contributed by atoms with Gasteiger partial charge in [-0.15, -0.1) is 0 Å². The number of amides is 3. The summed E-state index contributed by atoms with van der Waals surface area (Å²) in [4.78, 5) is 26.6. The number of urea groups is 1. The number of imide groups is 1. The van der Waals surface area contributed by atoms with Crippen LogP contribution in [0, 0.1) is 0 Å².